The van der Waals surface area contributed by atoms with E-state index in [9.17, 15) is 0 Å². The molecule has 0 amide bonds. The van der Waals surface area contributed by atoms with Crippen molar-refractivity contribution in [3.63, 3.8) is 0 Å². The Morgan fingerprint density at radius 1 is 1.19 bits per heavy atom. The van der Waals surface area contributed by atoms with E-state index in [1.165, 1.54) is 43.4 Å². The fourth-order valence-electron chi connectivity index (χ4n) is 3.40. The number of hydrogen-bond donors (Lipinski definition) is 0. The summed E-state index contributed by atoms with van der Waals surface area (Å²) in [5.41, 5.74) is 2.37. The maximum absolute atomic E-state index is 6.05. The van der Waals surface area contributed by atoms with Crippen molar-refractivity contribution in [2.45, 2.75) is 70.7 Å². The molecule has 1 heterocycles. The zero-order chi connectivity index (χ0) is 15.2. The highest BCUT2D eigenvalue weighted by Crippen LogP contribution is 2.31. The number of hydrogen-bond acceptors (Lipinski definition) is 2. The highest BCUT2D eigenvalue weighted by Gasteiger charge is 2.24. The minimum atomic E-state index is 0.572. The highest BCUT2D eigenvalue weighted by molar-refractivity contribution is 6.17. The first-order chi connectivity index (χ1) is 10.2. The zero-order valence-electron chi connectivity index (χ0n) is 13.7. The van der Waals surface area contributed by atoms with Crippen LogP contribution in [0.1, 0.15) is 63.6 Å². The van der Waals surface area contributed by atoms with Crippen LogP contribution in [0.4, 0.5) is 5.82 Å². The van der Waals surface area contributed by atoms with E-state index in [2.05, 4.69) is 37.9 Å². The summed E-state index contributed by atoms with van der Waals surface area (Å²) >= 11 is 6.05. The van der Waals surface area contributed by atoms with Gasteiger partial charge in [-0.15, -0.1) is 11.6 Å². The first-order valence-corrected chi connectivity index (χ1v) is 9.00. The van der Waals surface area contributed by atoms with Crippen LogP contribution >= 0.6 is 11.6 Å². The van der Waals surface area contributed by atoms with Crippen LogP contribution in [0.5, 0.6) is 0 Å². The van der Waals surface area contributed by atoms with Crippen LogP contribution in [0.2, 0.25) is 0 Å². The van der Waals surface area contributed by atoms with E-state index < -0.39 is 0 Å². The van der Waals surface area contributed by atoms with E-state index in [1.807, 2.05) is 0 Å². The standard InChI is InChI=1S/C18H29ClN2/c1-4-6-16-11-15(13-19)12-18(20-16)21(3)17-9-7-14(5-2)8-10-17/h11-12,14,17H,4-10,13H2,1-3H3. The SMILES string of the molecule is CCCc1cc(CCl)cc(N(C)C2CCC(CC)CC2)n1. The minimum absolute atomic E-state index is 0.572. The molecule has 1 aromatic heterocycles. The molecule has 1 fully saturated rings. The smallest absolute Gasteiger partial charge is 0.129 e. The predicted molar refractivity (Wildman–Crippen MR) is 92.2 cm³/mol. The van der Waals surface area contributed by atoms with Crippen LogP contribution in [0.25, 0.3) is 0 Å². The lowest BCUT2D eigenvalue weighted by Gasteiger charge is -2.35. The van der Waals surface area contributed by atoms with E-state index in [1.54, 1.807) is 0 Å². The van der Waals surface area contributed by atoms with E-state index in [0.717, 1.165) is 24.6 Å². The summed E-state index contributed by atoms with van der Waals surface area (Å²) < 4.78 is 0. The lowest BCUT2D eigenvalue weighted by molar-refractivity contribution is 0.313. The van der Waals surface area contributed by atoms with Crippen molar-refractivity contribution < 1.29 is 0 Å². The Kier molecular flexibility index (Phi) is 6.35. The molecule has 0 saturated heterocycles. The lowest BCUT2D eigenvalue weighted by Crippen LogP contribution is -2.35. The topological polar surface area (TPSA) is 16.1 Å². The normalized spacial score (nSPS) is 22.3. The van der Waals surface area contributed by atoms with Crippen LogP contribution in [-0.2, 0) is 12.3 Å². The second kappa shape index (κ2) is 8.03. The third-order valence-electron chi connectivity index (χ3n) is 4.89. The molecule has 0 aromatic carbocycles. The number of anilines is 1. The van der Waals surface area contributed by atoms with Gasteiger partial charge in [0.05, 0.1) is 0 Å². The van der Waals surface area contributed by atoms with Crippen LogP contribution in [0, 0.1) is 5.92 Å². The Morgan fingerprint density at radius 3 is 2.48 bits per heavy atom. The molecule has 0 unspecified atom stereocenters. The maximum atomic E-state index is 6.05. The summed E-state index contributed by atoms with van der Waals surface area (Å²) in [6, 6.07) is 4.96. The minimum Gasteiger partial charge on any atom is -0.357 e. The molecule has 3 heteroatoms. The van der Waals surface area contributed by atoms with E-state index in [-0.39, 0.29) is 0 Å². The summed E-state index contributed by atoms with van der Waals surface area (Å²) in [4.78, 5) is 7.24. The largest absolute Gasteiger partial charge is 0.357 e. The number of alkyl halides is 1. The first-order valence-electron chi connectivity index (χ1n) is 8.46. The average Bonchev–Trinajstić information content (AvgIpc) is 2.54. The van der Waals surface area contributed by atoms with Gasteiger partial charge in [-0.25, -0.2) is 4.98 Å². The number of halogens is 1. The molecule has 0 spiro atoms. The van der Waals surface area contributed by atoms with Gasteiger partial charge >= 0.3 is 0 Å². The predicted octanol–water partition coefficient (Wildman–Crippen LogP) is 5.18. The van der Waals surface area contributed by atoms with Gasteiger partial charge in [0, 0.05) is 24.7 Å². The van der Waals surface area contributed by atoms with Crippen LogP contribution in [0.15, 0.2) is 12.1 Å². The van der Waals surface area contributed by atoms with Crippen molar-refractivity contribution in [1.29, 1.82) is 0 Å². The lowest BCUT2D eigenvalue weighted by atomic mass is 9.84. The van der Waals surface area contributed by atoms with Gasteiger partial charge in [0.2, 0.25) is 0 Å². The monoisotopic (exact) mass is 308 g/mol. The fraction of sp³-hybridized carbons (Fsp3) is 0.722. The first kappa shape index (κ1) is 16.6. The van der Waals surface area contributed by atoms with Gasteiger partial charge in [-0.1, -0.05) is 26.7 Å². The fourth-order valence-corrected chi connectivity index (χ4v) is 3.56. The summed E-state index contributed by atoms with van der Waals surface area (Å²) in [5.74, 6) is 2.62. The summed E-state index contributed by atoms with van der Waals surface area (Å²) in [6.45, 7) is 4.52. The van der Waals surface area contributed by atoms with E-state index in [4.69, 9.17) is 16.6 Å². The molecule has 2 nitrogen and oxygen atoms in total. The molecule has 1 aliphatic carbocycles. The van der Waals surface area contributed by atoms with Crippen molar-refractivity contribution in [2.24, 2.45) is 5.92 Å². The second-order valence-corrected chi connectivity index (χ2v) is 6.67. The van der Waals surface area contributed by atoms with Gasteiger partial charge in [0.25, 0.3) is 0 Å². The van der Waals surface area contributed by atoms with Gasteiger partial charge < -0.3 is 4.90 Å². The van der Waals surface area contributed by atoms with Gasteiger partial charge in [-0.2, -0.15) is 0 Å². The molecule has 118 valence electrons. The average molecular weight is 309 g/mol. The molecule has 0 N–H and O–H groups in total. The summed E-state index contributed by atoms with van der Waals surface area (Å²) in [5, 5.41) is 0. The third kappa shape index (κ3) is 4.35. The van der Waals surface area contributed by atoms with Crippen LogP contribution < -0.4 is 4.90 Å². The third-order valence-corrected chi connectivity index (χ3v) is 5.20. The summed E-state index contributed by atoms with van der Waals surface area (Å²) in [6.07, 6.45) is 8.82. The highest BCUT2D eigenvalue weighted by atomic mass is 35.5. The van der Waals surface area contributed by atoms with Gasteiger partial charge in [-0.3, -0.25) is 0 Å². The number of aryl methyl sites for hydroxylation is 1. The second-order valence-electron chi connectivity index (χ2n) is 6.40. The van der Waals surface area contributed by atoms with Crippen molar-refractivity contribution in [3.8, 4) is 0 Å². The molecule has 0 bridgehead atoms. The molecule has 1 aromatic rings. The van der Waals surface area contributed by atoms with E-state index in [0.29, 0.717) is 11.9 Å². The molecular formula is C18H29ClN2. The van der Waals surface area contributed by atoms with Crippen molar-refractivity contribution in [2.75, 3.05) is 11.9 Å². The van der Waals surface area contributed by atoms with Gasteiger partial charge in [0.15, 0.2) is 0 Å². The maximum Gasteiger partial charge on any atom is 0.129 e. The van der Waals surface area contributed by atoms with Gasteiger partial charge in [0.1, 0.15) is 5.82 Å². The Balaban J connectivity index is 2.10. The van der Waals surface area contributed by atoms with Gasteiger partial charge in [-0.05, 0) is 55.7 Å². The number of rotatable bonds is 6. The number of nitrogens with zero attached hydrogens (tertiary/aromatic N) is 2. The van der Waals surface area contributed by atoms with Crippen molar-refractivity contribution in [3.05, 3.63) is 23.4 Å². The molecule has 0 radical (unpaired) electrons. The molecule has 2 rings (SSSR count). The van der Waals surface area contributed by atoms with E-state index >= 15 is 0 Å². The Bertz CT molecular complexity index is 439. The summed E-state index contributed by atoms with van der Waals surface area (Å²) in [7, 11) is 2.20. The molecular weight excluding hydrogens is 280 g/mol. The van der Waals surface area contributed by atoms with Crippen molar-refractivity contribution in [1.82, 2.24) is 4.98 Å². The molecule has 0 atom stereocenters. The molecule has 21 heavy (non-hydrogen) atoms. The molecule has 1 aliphatic rings. The van der Waals surface area contributed by atoms with Crippen LogP contribution in [0.3, 0.4) is 0 Å². The van der Waals surface area contributed by atoms with Crippen LogP contribution in [-0.4, -0.2) is 18.1 Å². The molecule has 0 aliphatic heterocycles. The Hall–Kier alpha value is -0.760. The number of aromatic nitrogens is 1. The van der Waals surface area contributed by atoms with Crippen molar-refractivity contribution >= 4 is 17.4 Å². The quantitative estimate of drug-likeness (QED) is 0.673. The Labute approximate surface area is 134 Å². The number of pyridine rings is 1. The molecule has 1 saturated carbocycles. The Morgan fingerprint density at radius 2 is 1.90 bits per heavy atom. The zero-order valence-corrected chi connectivity index (χ0v) is 14.5.